The van der Waals surface area contributed by atoms with E-state index >= 15 is 0 Å². The van der Waals surface area contributed by atoms with Gasteiger partial charge in [0.05, 0.1) is 24.7 Å². The molecule has 0 aliphatic heterocycles. The van der Waals surface area contributed by atoms with Crippen LogP contribution in [0.1, 0.15) is 18.9 Å². The van der Waals surface area contributed by atoms with Crippen LogP contribution in [0.15, 0.2) is 42.5 Å². The van der Waals surface area contributed by atoms with Gasteiger partial charge in [0, 0.05) is 16.9 Å². The van der Waals surface area contributed by atoms with Gasteiger partial charge in [0.25, 0.3) is 0 Å². The van der Waals surface area contributed by atoms with Gasteiger partial charge in [-0.05, 0) is 53.6 Å². The molecule has 144 valence electrons. The largest absolute Gasteiger partial charge is 0.495 e. The van der Waals surface area contributed by atoms with Gasteiger partial charge in [0.1, 0.15) is 5.75 Å². The summed E-state index contributed by atoms with van der Waals surface area (Å²) in [6.45, 7) is 0.112. The van der Waals surface area contributed by atoms with Crippen molar-refractivity contribution in [2.45, 2.75) is 18.9 Å². The highest BCUT2D eigenvalue weighted by molar-refractivity contribution is 6.32. The van der Waals surface area contributed by atoms with Crippen LogP contribution < -0.4 is 15.4 Å². The Kier molecular flexibility index (Phi) is 5.12. The first-order chi connectivity index (χ1) is 13.6. The summed E-state index contributed by atoms with van der Waals surface area (Å²) in [6, 6.07) is 13.2. The van der Waals surface area contributed by atoms with Crippen LogP contribution in [0.2, 0.25) is 5.02 Å². The minimum Gasteiger partial charge on any atom is -0.495 e. The van der Waals surface area contributed by atoms with Gasteiger partial charge in [-0.15, -0.1) is 5.10 Å². The summed E-state index contributed by atoms with van der Waals surface area (Å²) < 4.78 is 6.97. The van der Waals surface area contributed by atoms with Gasteiger partial charge in [-0.3, -0.25) is 4.79 Å². The molecule has 2 N–H and O–H groups in total. The summed E-state index contributed by atoms with van der Waals surface area (Å²) in [5.74, 6) is 1.11. The molecule has 0 atom stereocenters. The second kappa shape index (κ2) is 7.85. The molecule has 1 fully saturated rings. The third-order valence-corrected chi connectivity index (χ3v) is 4.69. The topological polar surface area (TPSA) is 94.0 Å². The second-order valence-electron chi connectivity index (χ2n) is 6.51. The van der Waals surface area contributed by atoms with Crippen LogP contribution in [-0.4, -0.2) is 39.8 Å². The Labute approximate surface area is 166 Å². The maximum atomic E-state index is 12.2. The number of methoxy groups -OCH3 is 1. The van der Waals surface area contributed by atoms with E-state index in [1.807, 2.05) is 28.9 Å². The van der Waals surface area contributed by atoms with Gasteiger partial charge in [-0.1, -0.05) is 23.7 Å². The fraction of sp³-hybridized carbons (Fsp3) is 0.263. The van der Waals surface area contributed by atoms with E-state index in [9.17, 15) is 4.79 Å². The molecule has 2 aromatic carbocycles. The summed E-state index contributed by atoms with van der Waals surface area (Å²) >= 11 is 6.08. The van der Waals surface area contributed by atoms with Crippen LogP contribution in [0, 0.1) is 0 Å². The van der Waals surface area contributed by atoms with E-state index in [0.717, 1.165) is 29.9 Å². The van der Waals surface area contributed by atoms with Crippen molar-refractivity contribution in [3.05, 3.63) is 47.5 Å². The molecule has 0 saturated heterocycles. The molecule has 28 heavy (non-hydrogen) atoms. The first-order valence-electron chi connectivity index (χ1n) is 8.89. The molecule has 8 nitrogen and oxygen atoms in total. The molecule has 9 heteroatoms. The number of rotatable bonds is 7. The average molecular weight is 399 g/mol. The molecule has 1 aromatic heterocycles. The fourth-order valence-electron chi connectivity index (χ4n) is 2.85. The van der Waals surface area contributed by atoms with Crippen molar-refractivity contribution in [1.29, 1.82) is 0 Å². The number of carbonyl (C=O) groups is 1. The first-order valence-corrected chi connectivity index (χ1v) is 9.27. The maximum Gasteiger partial charge on any atom is 0.243 e. The Morgan fingerprint density at radius 2 is 2.11 bits per heavy atom. The molecule has 4 rings (SSSR count). The van der Waals surface area contributed by atoms with Crippen LogP contribution in [0.3, 0.4) is 0 Å². The van der Waals surface area contributed by atoms with Crippen LogP contribution in [-0.2, 0) is 4.79 Å². The maximum absolute atomic E-state index is 12.2. The predicted octanol–water partition coefficient (Wildman–Crippen LogP) is 3.39. The summed E-state index contributed by atoms with van der Waals surface area (Å²) in [5.41, 5.74) is 2.32. The van der Waals surface area contributed by atoms with Gasteiger partial charge in [0.15, 0.2) is 5.82 Å². The van der Waals surface area contributed by atoms with Crippen LogP contribution >= 0.6 is 11.6 Å². The lowest BCUT2D eigenvalue weighted by atomic mass is 10.2. The van der Waals surface area contributed by atoms with E-state index in [2.05, 4.69) is 26.2 Å². The number of halogens is 1. The predicted molar refractivity (Wildman–Crippen MR) is 107 cm³/mol. The molecule has 0 unspecified atom stereocenters. The first kappa shape index (κ1) is 18.2. The van der Waals surface area contributed by atoms with Crippen molar-refractivity contribution in [2.75, 3.05) is 24.3 Å². The monoisotopic (exact) mass is 398 g/mol. The lowest BCUT2D eigenvalue weighted by Gasteiger charge is -2.10. The number of anilines is 2. The van der Waals surface area contributed by atoms with E-state index in [1.165, 1.54) is 0 Å². The molecule has 1 aliphatic rings. The van der Waals surface area contributed by atoms with Crippen LogP contribution in [0.4, 0.5) is 11.4 Å². The molecule has 0 bridgehead atoms. The number of tetrazole rings is 1. The van der Waals surface area contributed by atoms with Crippen molar-refractivity contribution in [3.63, 3.8) is 0 Å². The molecule has 3 aromatic rings. The lowest BCUT2D eigenvalue weighted by Crippen LogP contribution is -2.21. The van der Waals surface area contributed by atoms with E-state index in [4.69, 9.17) is 16.3 Å². The minimum atomic E-state index is -0.186. The SMILES string of the molecule is COc1ccc(NC(=O)CNc2cccc(-c3nnnn3C3CC3)c2)cc1Cl. The molecule has 1 heterocycles. The zero-order valence-electron chi connectivity index (χ0n) is 15.2. The fourth-order valence-corrected chi connectivity index (χ4v) is 3.11. The minimum absolute atomic E-state index is 0.112. The molecule has 1 aliphatic carbocycles. The molecule has 1 amide bonds. The summed E-state index contributed by atoms with van der Waals surface area (Å²) in [6.07, 6.45) is 2.21. The van der Waals surface area contributed by atoms with Crippen LogP contribution in [0.5, 0.6) is 5.75 Å². The van der Waals surface area contributed by atoms with Gasteiger partial charge >= 0.3 is 0 Å². The second-order valence-corrected chi connectivity index (χ2v) is 6.92. The third-order valence-electron chi connectivity index (χ3n) is 4.39. The highest BCUT2D eigenvalue weighted by atomic mass is 35.5. The highest BCUT2D eigenvalue weighted by Gasteiger charge is 2.28. The Balaban J connectivity index is 1.39. The van der Waals surface area contributed by atoms with E-state index in [-0.39, 0.29) is 12.5 Å². The normalized spacial score (nSPS) is 13.2. The standard InChI is InChI=1S/C19H19ClN6O2/c1-28-17-8-5-14(10-16(17)20)22-18(27)11-21-13-4-2-3-12(9-13)19-23-24-25-26(19)15-6-7-15/h2-5,8-10,15,21H,6-7,11H2,1H3,(H,22,27). The molecular formula is C19H19ClN6O2. The van der Waals surface area contributed by atoms with Crippen molar-refractivity contribution in [2.24, 2.45) is 0 Å². The average Bonchev–Trinajstić information content (AvgIpc) is 3.43. The van der Waals surface area contributed by atoms with Crippen molar-refractivity contribution in [3.8, 4) is 17.1 Å². The number of aromatic nitrogens is 4. The smallest absolute Gasteiger partial charge is 0.243 e. The molecular weight excluding hydrogens is 380 g/mol. The number of benzene rings is 2. The molecule has 1 saturated carbocycles. The summed E-state index contributed by atoms with van der Waals surface area (Å²) in [5, 5.41) is 18.4. The summed E-state index contributed by atoms with van der Waals surface area (Å²) in [7, 11) is 1.54. The van der Waals surface area contributed by atoms with Crippen molar-refractivity contribution >= 4 is 28.9 Å². The summed E-state index contributed by atoms with van der Waals surface area (Å²) in [4.78, 5) is 12.2. The Morgan fingerprint density at radius 3 is 2.86 bits per heavy atom. The number of ether oxygens (including phenoxy) is 1. The van der Waals surface area contributed by atoms with E-state index < -0.39 is 0 Å². The van der Waals surface area contributed by atoms with E-state index in [0.29, 0.717) is 22.5 Å². The zero-order chi connectivity index (χ0) is 19.5. The number of nitrogens with zero attached hydrogens (tertiary/aromatic N) is 4. The van der Waals surface area contributed by atoms with Gasteiger partial charge < -0.3 is 15.4 Å². The Morgan fingerprint density at radius 1 is 1.25 bits per heavy atom. The molecule has 0 spiro atoms. The quantitative estimate of drug-likeness (QED) is 0.633. The van der Waals surface area contributed by atoms with Crippen molar-refractivity contribution in [1.82, 2.24) is 20.2 Å². The number of carbonyl (C=O) groups excluding carboxylic acids is 1. The van der Waals surface area contributed by atoms with Crippen LogP contribution in [0.25, 0.3) is 11.4 Å². The molecule has 0 radical (unpaired) electrons. The Hall–Kier alpha value is -3.13. The number of amides is 1. The number of hydrogen-bond acceptors (Lipinski definition) is 6. The van der Waals surface area contributed by atoms with Gasteiger partial charge in [-0.25, -0.2) is 4.68 Å². The van der Waals surface area contributed by atoms with E-state index in [1.54, 1.807) is 25.3 Å². The Bertz CT molecular complexity index is 1000. The zero-order valence-corrected chi connectivity index (χ0v) is 16.0. The highest BCUT2D eigenvalue weighted by Crippen LogP contribution is 2.36. The number of hydrogen-bond donors (Lipinski definition) is 2. The third kappa shape index (κ3) is 4.07. The lowest BCUT2D eigenvalue weighted by molar-refractivity contribution is -0.114. The number of nitrogens with one attached hydrogen (secondary N) is 2. The van der Waals surface area contributed by atoms with Crippen molar-refractivity contribution < 1.29 is 9.53 Å². The van der Waals surface area contributed by atoms with Gasteiger partial charge in [0.2, 0.25) is 5.91 Å². The van der Waals surface area contributed by atoms with Gasteiger partial charge in [-0.2, -0.15) is 0 Å².